The van der Waals surface area contributed by atoms with Gasteiger partial charge in [-0.2, -0.15) is 0 Å². The summed E-state index contributed by atoms with van der Waals surface area (Å²) in [4.78, 5) is 16.3. The van der Waals surface area contributed by atoms with Crippen LogP contribution in [0.25, 0.3) is 10.9 Å². The van der Waals surface area contributed by atoms with Crippen LogP contribution in [0.2, 0.25) is 0 Å². The van der Waals surface area contributed by atoms with E-state index in [0.717, 1.165) is 38.2 Å². The molecule has 2 heterocycles. The van der Waals surface area contributed by atoms with Crippen LogP contribution in [0.3, 0.4) is 0 Å². The van der Waals surface area contributed by atoms with E-state index in [1.54, 1.807) is 26.0 Å². The fraction of sp³-hybridized carbons (Fsp3) is 0.483. The zero-order valence-corrected chi connectivity index (χ0v) is 21.7. The molecule has 0 radical (unpaired) electrons. The quantitative estimate of drug-likeness (QED) is 0.507. The monoisotopic (exact) mass is 478 g/mol. The lowest BCUT2D eigenvalue weighted by atomic mass is 10.0. The van der Waals surface area contributed by atoms with Crippen LogP contribution in [0.5, 0.6) is 0 Å². The molecule has 2 N–H and O–H groups in total. The van der Waals surface area contributed by atoms with Gasteiger partial charge in [0.1, 0.15) is 5.67 Å². The van der Waals surface area contributed by atoms with Gasteiger partial charge in [0.25, 0.3) is 0 Å². The van der Waals surface area contributed by atoms with Crippen molar-refractivity contribution in [2.45, 2.75) is 65.3 Å². The van der Waals surface area contributed by atoms with Gasteiger partial charge in [0.05, 0.1) is 0 Å². The van der Waals surface area contributed by atoms with Gasteiger partial charge in [0.2, 0.25) is 5.91 Å². The van der Waals surface area contributed by atoms with Gasteiger partial charge < -0.3 is 10.3 Å². The van der Waals surface area contributed by atoms with E-state index in [9.17, 15) is 9.18 Å². The molecule has 0 saturated carbocycles. The lowest BCUT2D eigenvalue weighted by molar-refractivity contribution is 0.00259. The Kier molecular flexibility index (Phi) is 7.34. The largest absolute Gasteiger partial charge is 0.366 e. The number of nitrogens with two attached hydrogens (primary N) is 1. The number of carbonyl (C=O) groups is 1. The molecule has 0 spiro atoms. The summed E-state index contributed by atoms with van der Waals surface area (Å²) in [6.07, 6.45) is 0.810. The van der Waals surface area contributed by atoms with Gasteiger partial charge in [-0.1, -0.05) is 30.3 Å². The fourth-order valence-electron chi connectivity index (χ4n) is 5.64. The van der Waals surface area contributed by atoms with Crippen LogP contribution in [-0.4, -0.2) is 64.2 Å². The number of amides is 1. The van der Waals surface area contributed by atoms with Gasteiger partial charge in [0.15, 0.2) is 0 Å². The molecule has 2 atom stereocenters. The summed E-state index contributed by atoms with van der Waals surface area (Å²) < 4.78 is 16.8. The highest BCUT2D eigenvalue weighted by Crippen LogP contribution is 2.29. The van der Waals surface area contributed by atoms with Crippen LogP contribution in [0.4, 0.5) is 4.39 Å². The minimum Gasteiger partial charge on any atom is -0.366 e. The van der Waals surface area contributed by atoms with E-state index in [-0.39, 0.29) is 0 Å². The molecule has 1 amide bonds. The molecule has 0 aliphatic carbocycles. The van der Waals surface area contributed by atoms with Crippen molar-refractivity contribution in [1.82, 2.24) is 14.4 Å². The average Bonchev–Trinajstić information content (AvgIpc) is 3.05. The summed E-state index contributed by atoms with van der Waals surface area (Å²) in [5, 5.41) is 1.28. The summed E-state index contributed by atoms with van der Waals surface area (Å²) in [7, 11) is 0. The van der Waals surface area contributed by atoms with Crippen LogP contribution in [0, 0.1) is 6.92 Å². The number of benzene rings is 2. The lowest BCUT2D eigenvalue weighted by Crippen LogP contribution is -2.59. The number of primary amides is 1. The van der Waals surface area contributed by atoms with Crippen LogP contribution in [0.1, 0.15) is 54.9 Å². The number of fused-ring (bicyclic) bond motifs is 1. The van der Waals surface area contributed by atoms with E-state index in [2.05, 4.69) is 59.4 Å². The first kappa shape index (κ1) is 25.4. The summed E-state index contributed by atoms with van der Waals surface area (Å²) in [6, 6.07) is 16.9. The summed E-state index contributed by atoms with van der Waals surface area (Å²) in [5.74, 6) is -0.401. The second-order valence-corrected chi connectivity index (χ2v) is 10.8. The lowest BCUT2D eigenvalue weighted by Gasteiger charge is -2.46. The van der Waals surface area contributed by atoms with Crippen molar-refractivity contribution in [2.24, 2.45) is 5.73 Å². The van der Waals surface area contributed by atoms with Gasteiger partial charge in [-0.25, -0.2) is 4.39 Å². The van der Waals surface area contributed by atoms with Crippen LogP contribution in [-0.2, 0) is 13.0 Å². The Labute approximate surface area is 208 Å². The Bertz CT molecular complexity index is 1170. The summed E-state index contributed by atoms with van der Waals surface area (Å²) in [6.45, 7) is 14.3. The standard InChI is InChI=1S/C29H39FN4O/c1-20-17-32(18-21(2)34(20)19-29(4,5)30)14-15-33-22(3)26(25-8-6-7-9-27(25)33)16-23-10-12-24(13-11-23)28(31)35/h6-13,20-21H,14-19H2,1-5H3,(H2,31,35)/t20-,21+. The maximum Gasteiger partial charge on any atom is 0.248 e. The third-order valence-electron chi connectivity index (χ3n) is 7.36. The SMILES string of the molecule is Cc1c(Cc2ccc(C(N)=O)cc2)c2ccccc2n1CCN1C[C@@H](C)N(CC(C)(C)F)[C@@H](C)C1. The molecule has 6 heteroatoms. The number of halogens is 1. The fourth-order valence-corrected chi connectivity index (χ4v) is 5.64. The summed E-state index contributed by atoms with van der Waals surface area (Å²) >= 11 is 0. The van der Waals surface area contributed by atoms with Crippen molar-refractivity contribution in [3.05, 3.63) is 70.9 Å². The maximum absolute atomic E-state index is 14.3. The van der Waals surface area contributed by atoms with E-state index in [4.69, 9.17) is 5.73 Å². The van der Waals surface area contributed by atoms with Gasteiger partial charge in [-0.15, -0.1) is 0 Å². The molecule has 1 aliphatic heterocycles. The second kappa shape index (κ2) is 10.1. The molecule has 1 aliphatic rings. The Hall–Kier alpha value is -2.70. The van der Waals surface area contributed by atoms with E-state index >= 15 is 0 Å². The molecule has 1 fully saturated rings. The van der Waals surface area contributed by atoms with Crippen LogP contribution in [0.15, 0.2) is 48.5 Å². The molecule has 188 valence electrons. The number of hydrogen-bond acceptors (Lipinski definition) is 3. The van der Waals surface area contributed by atoms with Crippen LogP contribution >= 0.6 is 0 Å². The minimum absolute atomic E-state index is 0.329. The number of carbonyl (C=O) groups excluding carboxylic acids is 1. The number of alkyl halides is 1. The molecule has 35 heavy (non-hydrogen) atoms. The van der Waals surface area contributed by atoms with Crippen molar-refractivity contribution in [3.8, 4) is 0 Å². The third kappa shape index (κ3) is 5.76. The van der Waals surface area contributed by atoms with Gasteiger partial charge >= 0.3 is 0 Å². The van der Waals surface area contributed by atoms with Crippen molar-refractivity contribution < 1.29 is 9.18 Å². The van der Waals surface area contributed by atoms with E-state index in [1.165, 1.54) is 22.2 Å². The highest BCUT2D eigenvalue weighted by atomic mass is 19.1. The van der Waals surface area contributed by atoms with E-state index < -0.39 is 11.6 Å². The normalized spacial score (nSPS) is 19.9. The molecule has 0 bridgehead atoms. The number of rotatable bonds is 8. The number of hydrogen-bond donors (Lipinski definition) is 1. The van der Waals surface area contributed by atoms with E-state index in [0.29, 0.717) is 24.2 Å². The predicted octanol–water partition coefficient (Wildman–Crippen LogP) is 4.78. The molecule has 3 aromatic rings. The Balaban J connectivity index is 1.50. The Morgan fingerprint density at radius 1 is 1.03 bits per heavy atom. The Morgan fingerprint density at radius 2 is 1.66 bits per heavy atom. The topological polar surface area (TPSA) is 54.5 Å². The number of piperazine rings is 1. The Morgan fingerprint density at radius 3 is 2.26 bits per heavy atom. The molecule has 5 nitrogen and oxygen atoms in total. The first-order chi connectivity index (χ1) is 16.5. The molecule has 1 aromatic heterocycles. The predicted molar refractivity (Wildman–Crippen MR) is 142 cm³/mol. The summed E-state index contributed by atoms with van der Waals surface area (Å²) in [5.41, 5.74) is 9.78. The molecule has 0 unspecified atom stereocenters. The average molecular weight is 479 g/mol. The van der Waals surface area contributed by atoms with Gasteiger partial charge in [-0.3, -0.25) is 14.6 Å². The number of aromatic nitrogens is 1. The highest BCUT2D eigenvalue weighted by Gasteiger charge is 2.33. The van der Waals surface area contributed by atoms with Crippen molar-refractivity contribution >= 4 is 16.8 Å². The molecule has 1 saturated heterocycles. The number of nitrogens with zero attached hydrogens (tertiary/aromatic N) is 3. The molecule has 2 aromatic carbocycles. The van der Waals surface area contributed by atoms with Crippen molar-refractivity contribution in [2.75, 3.05) is 26.2 Å². The molecular weight excluding hydrogens is 439 g/mol. The molecule has 4 rings (SSSR count). The number of para-hydroxylation sites is 1. The zero-order chi connectivity index (χ0) is 25.3. The van der Waals surface area contributed by atoms with Crippen LogP contribution < -0.4 is 5.73 Å². The zero-order valence-electron chi connectivity index (χ0n) is 21.7. The third-order valence-corrected chi connectivity index (χ3v) is 7.36. The van der Waals surface area contributed by atoms with Crippen molar-refractivity contribution in [3.63, 3.8) is 0 Å². The first-order valence-electron chi connectivity index (χ1n) is 12.7. The minimum atomic E-state index is -1.18. The maximum atomic E-state index is 14.3. The smallest absolute Gasteiger partial charge is 0.248 e. The molecular formula is C29H39FN4O. The highest BCUT2D eigenvalue weighted by molar-refractivity contribution is 5.92. The van der Waals surface area contributed by atoms with Gasteiger partial charge in [0, 0.05) is 67.0 Å². The second-order valence-electron chi connectivity index (χ2n) is 10.8. The first-order valence-corrected chi connectivity index (χ1v) is 12.7. The van der Waals surface area contributed by atoms with Gasteiger partial charge in [-0.05, 0) is 70.4 Å². The van der Waals surface area contributed by atoms with E-state index in [1.807, 2.05) is 12.1 Å². The van der Waals surface area contributed by atoms with Crippen molar-refractivity contribution in [1.29, 1.82) is 0 Å².